The molecule has 4 heteroatoms. The van der Waals surface area contributed by atoms with Gasteiger partial charge in [0.15, 0.2) is 0 Å². The molecule has 1 saturated heterocycles. The van der Waals surface area contributed by atoms with Crippen molar-refractivity contribution in [2.75, 3.05) is 11.9 Å². The summed E-state index contributed by atoms with van der Waals surface area (Å²) in [5.74, 6) is 0.0169. The van der Waals surface area contributed by atoms with E-state index in [0.29, 0.717) is 6.42 Å². The minimum absolute atomic E-state index is 0.0169. The second-order valence-corrected chi connectivity index (χ2v) is 5.12. The van der Waals surface area contributed by atoms with E-state index in [2.05, 4.69) is 21.2 Å². The first-order chi connectivity index (χ1) is 8.16. The number of nitrogens with one attached hydrogen (secondary N) is 1. The highest BCUT2D eigenvalue weighted by Crippen LogP contribution is 2.26. The number of halogens is 1. The van der Waals surface area contributed by atoms with Crippen molar-refractivity contribution >= 4 is 27.5 Å². The van der Waals surface area contributed by atoms with E-state index in [1.807, 2.05) is 25.1 Å². The van der Waals surface area contributed by atoms with Crippen molar-refractivity contribution in [3.8, 4) is 0 Å². The van der Waals surface area contributed by atoms with Gasteiger partial charge in [0.05, 0.1) is 18.2 Å². The Balaban J connectivity index is 1.95. The van der Waals surface area contributed by atoms with E-state index in [-0.39, 0.29) is 12.0 Å². The minimum Gasteiger partial charge on any atom is -0.378 e. The van der Waals surface area contributed by atoms with Crippen molar-refractivity contribution in [3.63, 3.8) is 0 Å². The molecule has 1 atom stereocenters. The zero-order valence-corrected chi connectivity index (χ0v) is 11.4. The van der Waals surface area contributed by atoms with Crippen LogP contribution < -0.4 is 5.32 Å². The van der Waals surface area contributed by atoms with E-state index in [4.69, 9.17) is 4.74 Å². The van der Waals surface area contributed by atoms with Gasteiger partial charge in [-0.15, -0.1) is 0 Å². The van der Waals surface area contributed by atoms with E-state index >= 15 is 0 Å². The van der Waals surface area contributed by atoms with Crippen LogP contribution >= 0.6 is 15.9 Å². The van der Waals surface area contributed by atoms with Gasteiger partial charge in [0.25, 0.3) is 0 Å². The van der Waals surface area contributed by atoms with E-state index < -0.39 is 0 Å². The standard InChI is InChI=1S/C13H16BrNO2/c1-9-4-2-6-11(13(9)14)15-12(16)8-10-5-3-7-17-10/h2,4,6,10H,3,5,7-8H2,1H3,(H,15,16). The Morgan fingerprint density at radius 1 is 1.59 bits per heavy atom. The molecule has 2 rings (SSSR count). The maximum absolute atomic E-state index is 11.8. The van der Waals surface area contributed by atoms with Crippen molar-refractivity contribution in [3.05, 3.63) is 28.2 Å². The molecule has 0 bridgehead atoms. The molecule has 1 heterocycles. The van der Waals surface area contributed by atoms with Crippen molar-refractivity contribution in [2.45, 2.75) is 32.3 Å². The zero-order valence-electron chi connectivity index (χ0n) is 9.83. The number of carbonyl (C=O) groups excluding carboxylic acids is 1. The number of carbonyl (C=O) groups is 1. The third-order valence-electron chi connectivity index (χ3n) is 2.90. The van der Waals surface area contributed by atoms with Gasteiger partial charge in [-0.25, -0.2) is 0 Å². The van der Waals surface area contributed by atoms with Crippen molar-refractivity contribution in [1.82, 2.24) is 0 Å². The molecule has 1 amide bonds. The number of rotatable bonds is 3. The Bertz CT molecular complexity index is 414. The highest BCUT2D eigenvalue weighted by atomic mass is 79.9. The number of hydrogen-bond donors (Lipinski definition) is 1. The number of aryl methyl sites for hydroxylation is 1. The third-order valence-corrected chi connectivity index (χ3v) is 3.96. The molecule has 1 fully saturated rings. The smallest absolute Gasteiger partial charge is 0.227 e. The number of amides is 1. The van der Waals surface area contributed by atoms with E-state index in [1.54, 1.807) is 0 Å². The fourth-order valence-corrected chi connectivity index (χ4v) is 2.32. The molecule has 1 aliphatic rings. The summed E-state index contributed by atoms with van der Waals surface area (Å²) in [5, 5.41) is 2.91. The molecule has 1 aromatic carbocycles. The van der Waals surface area contributed by atoms with Crippen molar-refractivity contribution in [1.29, 1.82) is 0 Å². The van der Waals surface area contributed by atoms with Crippen LogP contribution in [0.5, 0.6) is 0 Å². The summed E-state index contributed by atoms with van der Waals surface area (Å²) < 4.78 is 6.39. The Morgan fingerprint density at radius 2 is 2.41 bits per heavy atom. The van der Waals surface area contributed by atoms with E-state index in [1.165, 1.54) is 0 Å². The summed E-state index contributed by atoms with van der Waals surface area (Å²) >= 11 is 3.48. The first-order valence-electron chi connectivity index (χ1n) is 5.83. The Kier molecular flexibility index (Phi) is 4.18. The Hall–Kier alpha value is -0.870. The monoisotopic (exact) mass is 297 g/mol. The minimum atomic E-state index is 0.0169. The highest BCUT2D eigenvalue weighted by molar-refractivity contribution is 9.10. The van der Waals surface area contributed by atoms with Gasteiger partial charge in [0.1, 0.15) is 0 Å². The SMILES string of the molecule is Cc1cccc(NC(=O)CC2CCCO2)c1Br. The first kappa shape index (κ1) is 12.6. The molecule has 1 unspecified atom stereocenters. The van der Waals surface area contributed by atoms with Crippen LogP contribution in [-0.4, -0.2) is 18.6 Å². The van der Waals surface area contributed by atoms with Crippen LogP contribution in [0.4, 0.5) is 5.69 Å². The average molecular weight is 298 g/mol. The highest BCUT2D eigenvalue weighted by Gasteiger charge is 2.19. The average Bonchev–Trinajstić information content (AvgIpc) is 2.77. The van der Waals surface area contributed by atoms with Crippen LogP contribution in [0.3, 0.4) is 0 Å². The van der Waals surface area contributed by atoms with Gasteiger partial charge in [-0.2, -0.15) is 0 Å². The normalized spacial score (nSPS) is 19.3. The lowest BCUT2D eigenvalue weighted by molar-refractivity contribution is -0.118. The van der Waals surface area contributed by atoms with Crippen molar-refractivity contribution < 1.29 is 9.53 Å². The predicted molar refractivity (Wildman–Crippen MR) is 71.1 cm³/mol. The molecule has 0 aliphatic carbocycles. The second kappa shape index (κ2) is 5.65. The van der Waals surface area contributed by atoms with Gasteiger partial charge in [0, 0.05) is 11.1 Å². The predicted octanol–water partition coefficient (Wildman–Crippen LogP) is 3.27. The molecule has 0 saturated carbocycles. The van der Waals surface area contributed by atoms with Crippen LogP contribution in [0.25, 0.3) is 0 Å². The lowest BCUT2D eigenvalue weighted by atomic mass is 10.1. The lowest BCUT2D eigenvalue weighted by Crippen LogP contribution is -2.19. The van der Waals surface area contributed by atoms with Gasteiger partial charge in [-0.05, 0) is 47.3 Å². The molecule has 92 valence electrons. The number of benzene rings is 1. The largest absolute Gasteiger partial charge is 0.378 e. The summed E-state index contributed by atoms with van der Waals surface area (Å²) in [7, 11) is 0. The topological polar surface area (TPSA) is 38.3 Å². The summed E-state index contributed by atoms with van der Waals surface area (Å²) in [6.45, 7) is 2.78. The molecule has 0 spiro atoms. The fourth-order valence-electron chi connectivity index (χ4n) is 1.96. The maximum atomic E-state index is 11.8. The molecule has 1 aromatic rings. The molecule has 3 nitrogen and oxygen atoms in total. The zero-order chi connectivity index (χ0) is 12.3. The summed E-state index contributed by atoms with van der Waals surface area (Å²) in [6, 6.07) is 5.83. The maximum Gasteiger partial charge on any atom is 0.227 e. The summed E-state index contributed by atoms with van der Waals surface area (Å²) in [4.78, 5) is 11.8. The van der Waals surface area contributed by atoms with E-state index in [0.717, 1.165) is 35.2 Å². The van der Waals surface area contributed by atoms with Gasteiger partial charge >= 0.3 is 0 Å². The summed E-state index contributed by atoms with van der Waals surface area (Å²) in [5.41, 5.74) is 1.94. The molecule has 0 radical (unpaired) electrons. The van der Waals surface area contributed by atoms with Crippen LogP contribution in [-0.2, 0) is 9.53 Å². The fraction of sp³-hybridized carbons (Fsp3) is 0.462. The summed E-state index contributed by atoms with van der Waals surface area (Å²) in [6.07, 6.45) is 2.59. The van der Waals surface area contributed by atoms with Crippen LogP contribution in [0, 0.1) is 6.92 Å². The van der Waals surface area contributed by atoms with Crippen LogP contribution in [0.2, 0.25) is 0 Å². The van der Waals surface area contributed by atoms with Crippen LogP contribution in [0.15, 0.2) is 22.7 Å². The molecule has 0 aromatic heterocycles. The quantitative estimate of drug-likeness (QED) is 0.930. The molecule has 17 heavy (non-hydrogen) atoms. The molecule has 1 N–H and O–H groups in total. The Labute approximate surface area is 110 Å². The second-order valence-electron chi connectivity index (χ2n) is 4.32. The number of hydrogen-bond acceptors (Lipinski definition) is 2. The first-order valence-corrected chi connectivity index (χ1v) is 6.62. The number of ether oxygens (including phenoxy) is 1. The molecular weight excluding hydrogens is 282 g/mol. The molecular formula is C13H16BrNO2. The number of anilines is 1. The lowest BCUT2D eigenvalue weighted by Gasteiger charge is -2.11. The van der Waals surface area contributed by atoms with Gasteiger partial charge in [0.2, 0.25) is 5.91 Å². The van der Waals surface area contributed by atoms with Gasteiger partial charge < -0.3 is 10.1 Å². The van der Waals surface area contributed by atoms with Gasteiger partial charge in [-0.1, -0.05) is 12.1 Å². The Morgan fingerprint density at radius 3 is 3.12 bits per heavy atom. The van der Waals surface area contributed by atoms with Crippen molar-refractivity contribution in [2.24, 2.45) is 0 Å². The van der Waals surface area contributed by atoms with Gasteiger partial charge in [-0.3, -0.25) is 4.79 Å². The third kappa shape index (κ3) is 3.30. The van der Waals surface area contributed by atoms with E-state index in [9.17, 15) is 4.79 Å². The molecule has 1 aliphatic heterocycles. The van der Waals surface area contributed by atoms with Crippen LogP contribution in [0.1, 0.15) is 24.8 Å².